The predicted molar refractivity (Wildman–Crippen MR) is 85.8 cm³/mol. The molecular formula is C16H26N4O2. The van der Waals surface area contributed by atoms with Gasteiger partial charge in [0.2, 0.25) is 5.95 Å². The van der Waals surface area contributed by atoms with Crippen LogP contribution in [0.5, 0.6) is 0 Å². The van der Waals surface area contributed by atoms with Gasteiger partial charge in [-0.05, 0) is 52.5 Å². The molecular weight excluding hydrogens is 280 g/mol. The fraction of sp³-hybridized carbons (Fsp3) is 0.688. The molecule has 0 saturated carbocycles. The molecule has 1 saturated heterocycles. The maximum atomic E-state index is 12.1. The molecule has 1 N–H and O–H groups in total. The Balaban J connectivity index is 1.84. The Morgan fingerprint density at radius 1 is 1.50 bits per heavy atom. The first-order valence-electron chi connectivity index (χ1n) is 7.85. The van der Waals surface area contributed by atoms with Crippen LogP contribution in [-0.2, 0) is 4.74 Å². The molecule has 0 unspecified atom stereocenters. The molecule has 1 fully saturated rings. The summed E-state index contributed by atoms with van der Waals surface area (Å²) in [6.07, 6.45) is 3.63. The van der Waals surface area contributed by atoms with Crippen LogP contribution in [0.25, 0.3) is 0 Å². The van der Waals surface area contributed by atoms with Crippen molar-refractivity contribution in [1.29, 1.82) is 0 Å². The van der Waals surface area contributed by atoms with Crippen molar-refractivity contribution in [2.24, 2.45) is 5.92 Å². The Labute approximate surface area is 132 Å². The quantitative estimate of drug-likeness (QED) is 0.930. The zero-order valence-electron chi connectivity index (χ0n) is 13.9. The standard InChI is InChI=1S/C16H26N4O2/c1-12-7-8-17-14(19-12)18-10-13-6-5-9-20(11-13)15(21)22-16(2,3)4/h7-8,13H,5-6,9-11H2,1-4H3,(H,17,18,19)/t13-/m0/s1. The van der Waals surface area contributed by atoms with Crippen LogP contribution in [0.4, 0.5) is 10.7 Å². The maximum Gasteiger partial charge on any atom is 0.410 e. The highest BCUT2D eigenvalue weighted by atomic mass is 16.6. The first-order chi connectivity index (χ1) is 10.3. The first kappa shape index (κ1) is 16.5. The van der Waals surface area contributed by atoms with Crippen molar-refractivity contribution < 1.29 is 9.53 Å². The number of piperidine rings is 1. The molecule has 6 nitrogen and oxygen atoms in total. The number of hydrogen-bond donors (Lipinski definition) is 1. The van der Waals surface area contributed by atoms with Crippen molar-refractivity contribution in [3.63, 3.8) is 0 Å². The van der Waals surface area contributed by atoms with Gasteiger partial charge in [-0.3, -0.25) is 0 Å². The smallest absolute Gasteiger partial charge is 0.410 e. The summed E-state index contributed by atoms with van der Waals surface area (Å²) in [6.45, 7) is 9.87. The third-order valence-electron chi connectivity index (χ3n) is 3.51. The van der Waals surface area contributed by atoms with Gasteiger partial charge in [0.15, 0.2) is 0 Å². The highest BCUT2D eigenvalue weighted by molar-refractivity contribution is 5.68. The number of aromatic nitrogens is 2. The Kier molecular flexibility index (Phi) is 5.21. The van der Waals surface area contributed by atoms with Crippen LogP contribution in [0, 0.1) is 12.8 Å². The molecule has 0 spiro atoms. The SMILES string of the molecule is Cc1ccnc(NC[C@@H]2CCCN(C(=O)OC(C)(C)C)C2)n1. The van der Waals surface area contributed by atoms with Gasteiger partial charge in [-0.25, -0.2) is 14.8 Å². The maximum absolute atomic E-state index is 12.1. The monoisotopic (exact) mass is 306 g/mol. The number of rotatable bonds is 3. The lowest BCUT2D eigenvalue weighted by molar-refractivity contribution is 0.0172. The van der Waals surface area contributed by atoms with Crippen LogP contribution >= 0.6 is 0 Å². The molecule has 0 radical (unpaired) electrons. The number of ether oxygens (including phenoxy) is 1. The van der Waals surface area contributed by atoms with Crippen molar-refractivity contribution in [2.75, 3.05) is 25.0 Å². The topological polar surface area (TPSA) is 67.4 Å². The molecule has 1 aromatic heterocycles. The number of carbonyl (C=O) groups is 1. The van der Waals surface area contributed by atoms with Gasteiger partial charge < -0.3 is 15.0 Å². The van der Waals surface area contributed by atoms with Crippen LogP contribution < -0.4 is 5.32 Å². The van der Waals surface area contributed by atoms with Crippen LogP contribution in [0.15, 0.2) is 12.3 Å². The Morgan fingerprint density at radius 2 is 2.27 bits per heavy atom. The molecule has 2 rings (SSSR count). The summed E-state index contributed by atoms with van der Waals surface area (Å²) in [7, 11) is 0. The molecule has 6 heteroatoms. The molecule has 1 aliphatic heterocycles. The number of carbonyl (C=O) groups excluding carboxylic acids is 1. The van der Waals surface area contributed by atoms with E-state index in [-0.39, 0.29) is 6.09 Å². The molecule has 1 amide bonds. The summed E-state index contributed by atoms with van der Waals surface area (Å²) in [5.74, 6) is 1.04. The Bertz CT molecular complexity index is 513. The summed E-state index contributed by atoms with van der Waals surface area (Å²) in [5.41, 5.74) is 0.494. The molecule has 122 valence electrons. The second-order valence-corrected chi connectivity index (χ2v) is 6.84. The third kappa shape index (κ3) is 5.16. The molecule has 1 aliphatic rings. The molecule has 0 aromatic carbocycles. The first-order valence-corrected chi connectivity index (χ1v) is 7.85. The van der Waals surface area contributed by atoms with Gasteiger partial charge in [-0.2, -0.15) is 0 Å². The largest absolute Gasteiger partial charge is 0.444 e. The van der Waals surface area contributed by atoms with Crippen molar-refractivity contribution in [2.45, 2.75) is 46.1 Å². The molecule has 0 bridgehead atoms. The second-order valence-electron chi connectivity index (χ2n) is 6.84. The van der Waals surface area contributed by atoms with Crippen molar-refractivity contribution in [3.05, 3.63) is 18.0 Å². The second kappa shape index (κ2) is 6.94. The van der Waals surface area contributed by atoms with E-state index >= 15 is 0 Å². The number of hydrogen-bond acceptors (Lipinski definition) is 5. The number of anilines is 1. The van der Waals surface area contributed by atoms with Gasteiger partial charge in [0, 0.05) is 31.5 Å². The fourth-order valence-electron chi connectivity index (χ4n) is 2.49. The molecule has 0 aliphatic carbocycles. The lowest BCUT2D eigenvalue weighted by atomic mass is 9.98. The van der Waals surface area contributed by atoms with Gasteiger partial charge >= 0.3 is 6.09 Å². The average molecular weight is 306 g/mol. The number of amides is 1. The normalized spacial score (nSPS) is 18.9. The zero-order chi connectivity index (χ0) is 16.2. The van der Waals surface area contributed by atoms with Crippen molar-refractivity contribution >= 4 is 12.0 Å². The summed E-state index contributed by atoms with van der Waals surface area (Å²) < 4.78 is 5.45. The molecule has 1 atom stereocenters. The van der Waals surface area contributed by atoms with E-state index in [1.807, 2.05) is 33.8 Å². The summed E-state index contributed by atoms with van der Waals surface area (Å²) in [4.78, 5) is 22.5. The van der Waals surface area contributed by atoms with Gasteiger partial charge in [-0.15, -0.1) is 0 Å². The van der Waals surface area contributed by atoms with E-state index in [1.54, 1.807) is 11.1 Å². The van der Waals surface area contributed by atoms with Crippen LogP contribution in [-0.4, -0.2) is 46.2 Å². The van der Waals surface area contributed by atoms with Crippen LogP contribution in [0.2, 0.25) is 0 Å². The number of aryl methyl sites for hydroxylation is 1. The molecule has 2 heterocycles. The van der Waals surface area contributed by atoms with E-state index in [9.17, 15) is 4.79 Å². The van der Waals surface area contributed by atoms with Crippen molar-refractivity contribution in [3.8, 4) is 0 Å². The molecule has 1 aromatic rings. The van der Waals surface area contributed by atoms with E-state index in [0.29, 0.717) is 18.4 Å². The zero-order valence-corrected chi connectivity index (χ0v) is 13.9. The lowest BCUT2D eigenvalue weighted by Gasteiger charge is -2.34. The predicted octanol–water partition coefficient (Wildman–Crippen LogP) is 2.84. The van der Waals surface area contributed by atoms with E-state index in [1.165, 1.54) is 0 Å². The number of likely N-dealkylation sites (tertiary alicyclic amines) is 1. The summed E-state index contributed by atoms with van der Waals surface area (Å²) in [6, 6.07) is 1.87. The fourth-order valence-corrected chi connectivity index (χ4v) is 2.49. The minimum Gasteiger partial charge on any atom is -0.444 e. The van der Waals surface area contributed by atoms with E-state index < -0.39 is 5.60 Å². The highest BCUT2D eigenvalue weighted by Gasteiger charge is 2.27. The number of nitrogens with one attached hydrogen (secondary N) is 1. The lowest BCUT2D eigenvalue weighted by Crippen LogP contribution is -2.44. The van der Waals surface area contributed by atoms with E-state index in [4.69, 9.17) is 4.74 Å². The summed E-state index contributed by atoms with van der Waals surface area (Å²) >= 11 is 0. The van der Waals surface area contributed by atoms with Crippen LogP contribution in [0.1, 0.15) is 39.3 Å². The Hall–Kier alpha value is -1.85. The molecule has 22 heavy (non-hydrogen) atoms. The number of nitrogens with zero attached hydrogens (tertiary/aromatic N) is 3. The third-order valence-corrected chi connectivity index (χ3v) is 3.51. The van der Waals surface area contributed by atoms with Gasteiger partial charge in [0.25, 0.3) is 0 Å². The highest BCUT2D eigenvalue weighted by Crippen LogP contribution is 2.19. The van der Waals surface area contributed by atoms with Gasteiger partial charge in [0.05, 0.1) is 0 Å². The summed E-state index contributed by atoms with van der Waals surface area (Å²) in [5, 5.41) is 3.26. The Morgan fingerprint density at radius 3 is 2.95 bits per heavy atom. The van der Waals surface area contributed by atoms with E-state index in [2.05, 4.69) is 15.3 Å². The minimum absolute atomic E-state index is 0.219. The van der Waals surface area contributed by atoms with Crippen molar-refractivity contribution in [1.82, 2.24) is 14.9 Å². The van der Waals surface area contributed by atoms with Gasteiger partial charge in [-0.1, -0.05) is 0 Å². The minimum atomic E-state index is -0.447. The average Bonchev–Trinajstić information content (AvgIpc) is 2.44. The van der Waals surface area contributed by atoms with Crippen LogP contribution in [0.3, 0.4) is 0 Å². The van der Waals surface area contributed by atoms with Gasteiger partial charge in [0.1, 0.15) is 5.60 Å². The van der Waals surface area contributed by atoms with E-state index in [0.717, 1.165) is 31.6 Å².